The summed E-state index contributed by atoms with van der Waals surface area (Å²) in [7, 11) is 0. The van der Waals surface area contributed by atoms with Crippen molar-refractivity contribution in [1.29, 1.82) is 0 Å². The van der Waals surface area contributed by atoms with Crippen molar-refractivity contribution in [2.45, 2.75) is 38.8 Å². The summed E-state index contributed by atoms with van der Waals surface area (Å²) < 4.78 is 0. The molecular weight excluding hydrogens is 317 g/mol. The molecule has 1 aliphatic heterocycles. The number of nitrogens with zero attached hydrogens (tertiary/aromatic N) is 2. The third-order valence-electron chi connectivity index (χ3n) is 3.57. The first kappa shape index (κ1) is 19.9. The van der Waals surface area contributed by atoms with Crippen LogP contribution in [0.4, 0.5) is 0 Å². The molecule has 0 unspecified atom stereocenters. The van der Waals surface area contributed by atoms with Crippen LogP contribution in [0.1, 0.15) is 31.7 Å². The lowest BCUT2D eigenvalue weighted by molar-refractivity contribution is 0.154. The van der Waals surface area contributed by atoms with Crippen LogP contribution in [0.2, 0.25) is 5.02 Å². The topological polar surface area (TPSA) is 28.2 Å². The Labute approximate surface area is 139 Å². The molecule has 0 amide bonds. The Morgan fingerprint density at radius 2 is 2.05 bits per heavy atom. The maximum absolute atomic E-state index is 6.21. The molecule has 0 aromatic carbocycles. The molecule has 1 saturated heterocycles. The van der Waals surface area contributed by atoms with Crippen LogP contribution in [-0.4, -0.2) is 35.6 Å². The summed E-state index contributed by atoms with van der Waals surface area (Å²) in [5, 5.41) is 4.21. The van der Waals surface area contributed by atoms with Gasteiger partial charge in [0.1, 0.15) is 0 Å². The van der Waals surface area contributed by atoms with Gasteiger partial charge < -0.3 is 5.32 Å². The minimum Gasteiger partial charge on any atom is -0.317 e. The zero-order valence-electron chi connectivity index (χ0n) is 11.8. The number of rotatable bonds is 5. The third-order valence-corrected chi connectivity index (χ3v) is 3.91. The Kier molecular flexibility index (Phi) is 10.6. The second-order valence-corrected chi connectivity index (χ2v) is 5.33. The van der Waals surface area contributed by atoms with Crippen LogP contribution in [-0.2, 0) is 6.54 Å². The molecule has 116 valence electrons. The summed E-state index contributed by atoms with van der Waals surface area (Å²) in [6, 6.07) is 2.72. The second kappa shape index (κ2) is 10.6. The minimum absolute atomic E-state index is 0. The number of pyridine rings is 1. The molecule has 0 spiro atoms. The minimum atomic E-state index is 0. The molecule has 1 aromatic heterocycles. The van der Waals surface area contributed by atoms with E-state index in [1.54, 1.807) is 6.20 Å². The SMILES string of the molecule is CCCN(Cc1ccncc1Cl)C1CCNCC1.Cl.Cl. The average Bonchev–Trinajstić information content (AvgIpc) is 2.42. The highest BCUT2D eigenvalue weighted by molar-refractivity contribution is 6.31. The highest BCUT2D eigenvalue weighted by Crippen LogP contribution is 2.20. The van der Waals surface area contributed by atoms with Crippen LogP contribution < -0.4 is 5.32 Å². The van der Waals surface area contributed by atoms with Gasteiger partial charge in [0.15, 0.2) is 0 Å². The molecule has 2 rings (SSSR count). The van der Waals surface area contributed by atoms with E-state index in [0.717, 1.165) is 31.2 Å². The van der Waals surface area contributed by atoms with E-state index >= 15 is 0 Å². The molecule has 1 N–H and O–H groups in total. The fraction of sp³-hybridized carbons (Fsp3) is 0.643. The van der Waals surface area contributed by atoms with Crippen molar-refractivity contribution < 1.29 is 0 Å². The quantitative estimate of drug-likeness (QED) is 0.888. The van der Waals surface area contributed by atoms with Gasteiger partial charge in [0.25, 0.3) is 0 Å². The predicted molar refractivity (Wildman–Crippen MR) is 90.3 cm³/mol. The van der Waals surface area contributed by atoms with Gasteiger partial charge in [0, 0.05) is 25.0 Å². The Balaban J connectivity index is 0.00000180. The van der Waals surface area contributed by atoms with Crippen molar-refractivity contribution in [3.8, 4) is 0 Å². The van der Waals surface area contributed by atoms with E-state index in [-0.39, 0.29) is 24.8 Å². The standard InChI is InChI=1S/C14H22ClN3.2ClH/c1-2-9-18(13-4-7-16-8-5-13)11-12-3-6-17-10-14(12)15;;/h3,6,10,13,16H,2,4-5,7-9,11H2,1H3;2*1H. The molecule has 0 bridgehead atoms. The van der Waals surface area contributed by atoms with Gasteiger partial charge in [-0.2, -0.15) is 0 Å². The van der Waals surface area contributed by atoms with E-state index in [1.165, 1.54) is 24.8 Å². The van der Waals surface area contributed by atoms with Crippen LogP contribution in [0, 0.1) is 0 Å². The normalized spacial score (nSPS) is 15.6. The van der Waals surface area contributed by atoms with E-state index in [1.807, 2.05) is 12.3 Å². The van der Waals surface area contributed by atoms with Gasteiger partial charge in [0.2, 0.25) is 0 Å². The van der Waals surface area contributed by atoms with Crippen molar-refractivity contribution in [2.75, 3.05) is 19.6 Å². The molecule has 0 aliphatic carbocycles. The van der Waals surface area contributed by atoms with Gasteiger partial charge in [-0.1, -0.05) is 18.5 Å². The smallest absolute Gasteiger partial charge is 0.0634 e. The Morgan fingerprint density at radius 1 is 1.35 bits per heavy atom. The van der Waals surface area contributed by atoms with E-state index in [4.69, 9.17) is 11.6 Å². The number of piperidine rings is 1. The summed E-state index contributed by atoms with van der Waals surface area (Å²) in [6.45, 7) is 6.59. The summed E-state index contributed by atoms with van der Waals surface area (Å²) in [4.78, 5) is 6.62. The van der Waals surface area contributed by atoms with Crippen LogP contribution in [0.5, 0.6) is 0 Å². The Morgan fingerprint density at radius 3 is 2.65 bits per heavy atom. The second-order valence-electron chi connectivity index (χ2n) is 4.92. The van der Waals surface area contributed by atoms with Crippen molar-refractivity contribution in [3.05, 3.63) is 29.0 Å². The predicted octanol–water partition coefficient (Wildman–Crippen LogP) is 3.54. The Bertz CT molecular complexity index is 370. The van der Waals surface area contributed by atoms with Crippen molar-refractivity contribution >= 4 is 36.4 Å². The van der Waals surface area contributed by atoms with Gasteiger partial charge in [0.05, 0.1) is 5.02 Å². The monoisotopic (exact) mass is 339 g/mol. The van der Waals surface area contributed by atoms with E-state index in [0.29, 0.717) is 6.04 Å². The number of halogens is 3. The zero-order chi connectivity index (χ0) is 12.8. The lowest BCUT2D eigenvalue weighted by atomic mass is 10.0. The molecule has 0 saturated carbocycles. The highest BCUT2D eigenvalue weighted by atomic mass is 35.5. The highest BCUT2D eigenvalue weighted by Gasteiger charge is 2.20. The van der Waals surface area contributed by atoms with Gasteiger partial charge in [-0.25, -0.2) is 0 Å². The van der Waals surface area contributed by atoms with Gasteiger partial charge >= 0.3 is 0 Å². The van der Waals surface area contributed by atoms with Gasteiger partial charge in [-0.05, 0) is 50.5 Å². The maximum atomic E-state index is 6.21. The van der Waals surface area contributed by atoms with Crippen LogP contribution >= 0.6 is 36.4 Å². The lowest BCUT2D eigenvalue weighted by Gasteiger charge is -2.34. The molecule has 6 heteroatoms. The molecule has 0 atom stereocenters. The van der Waals surface area contributed by atoms with Crippen molar-refractivity contribution in [3.63, 3.8) is 0 Å². The first-order valence-electron chi connectivity index (χ1n) is 6.84. The number of nitrogens with one attached hydrogen (secondary N) is 1. The molecule has 2 heterocycles. The summed E-state index contributed by atoms with van der Waals surface area (Å²) >= 11 is 6.21. The summed E-state index contributed by atoms with van der Waals surface area (Å²) in [5.41, 5.74) is 1.19. The number of aromatic nitrogens is 1. The zero-order valence-corrected chi connectivity index (χ0v) is 14.2. The fourth-order valence-corrected chi connectivity index (χ4v) is 2.78. The molecular formula is C14H24Cl3N3. The van der Waals surface area contributed by atoms with E-state index in [9.17, 15) is 0 Å². The van der Waals surface area contributed by atoms with Gasteiger partial charge in [-0.3, -0.25) is 9.88 Å². The van der Waals surface area contributed by atoms with Crippen LogP contribution in [0.3, 0.4) is 0 Å². The summed E-state index contributed by atoms with van der Waals surface area (Å²) in [5.74, 6) is 0. The van der Waals surface area contributed by atoms with E-state index < -0.39 is 0 Å². The fourth-order valence-electron chi connectivity index (χ4n) is 2.60. The lowest BCUT2D eigenvalue weighted by Crippen LogP contribution is -2.43. The van der Waals surface area contributed by atoms with Crippen molar-refractivity contribution in [2.24, 2.45) is 0 Å². The Hall–Kier alpha value is -0.0600. The van der Waals surface area contributed by atoms with E-state index in [2.05, 4.69) is 22.1 Å². The number of hydrogen-bond acceptors (Lipinski definition) is 3. The number of hydrogen-bond donors (Lipinski definition) is 1. The molecule has 3 nitrogen and oxygen atoms in total. The van der Waals surface area contributed by atoms with Crippen LogP contribution in [0.15, 0.2) is 18.5 Å². The maximum Gasteiger partial charge on any atom is 0.0634 e. The molecule has 1 aliphatic rings. The summed E-state index contributed by atoms with van der Waals surface area (Å²) in [6.07, 6.45) is 7.23. The van der Waals surface area contributed by atoms with Crippen molar-refractivity contribution in [1.82, 2.24) is 15.2 Å². The first-order chi connectivity index (χ1) is 8.81. The van der Waals surface area contributed by atoms with Crippen LogP contribution in [0.25, 0.3) is 0 Å². The molecule has 0 radical (unpaired) electrons. The molecule has 1 fully saturated rings. The van der Waals surface area contributed by atoms with Gasteiger partial charge in [-0.15, -0.1) is 24.8 Å². The molecule has 1 aromatic rings. The molecule has 20 heavy (non-hydrogen) atoms. The first-order valence-corrected chi connectivity index (χ1v) is 7.22. The average molecular weight is 341 g/mol. The third kappa shape index (κ3) is 5.74. The largest absolute Gasteiger partial charge is 0.317 e.